The van der Waals surface area contributed by atoms with Crippen molar-refractivity contribution < 1.29 is 38.2 Å². The van der Waals surface area contributed by atoms with Crippen molar-refractivity contribution in [3.63, 3.8) is 0 Å². The lowest BCUT2D eigenvalue weighted by Gasteiger charge is -2.15. The number of hydrogen-bond acceptors (Lipinski definition) is 9. The third kappa shape index (κ3) is 7.38. The van der Waals surface area contributed by atoms with Gasteiger partial charge in [-0.3, -0.25) is 14.9 Å². The third-order valence-electron chi connectivity index (χ3n) is 6.21. The molecule has 2 heterocycles. The minimum absolute atomic E-state index is 0.0166. The molecule has 0 spiro atoms. The first-order valence-corrected chi connectivity index (χ1v) is 13.2. The van der Waals surface area contributed by atoms with E-state index in [4.69, 9.17) is 23.7 Å². The summed E-state index contributed by atoms with van der Waals surface area (Å²) in [5.74, 6) is -1.29. The first-order valence-electron chi connectivity index (χ1n) is 13.2. The predicted molar refractivity (Wildman–Crippen MR) is 155 cm³/mol. The summed E-state index contributed by atoms with van der Waals surface area (Å²) in [6.07, 6.45) is -0.185. The number of rotatable bonds is 13. The summed E-state index contributed by atoms with van der Waals surface area (Å²) < 4.78 is 24.2. The minimum Gasteiger partial charge on any atom is -0.490 e. The van der Waals surface area contributed by atoms with Crippen LogP contribution in [-0.2, 0) is 11.4 Å². The second kappa shape index (κ2) is 13.4. The number of carboxylic acids is 1. The molecule has 0 fully saturated rings. The smallest absolute Gasteiger partial charge is 0.344 e. The number of ether oxygens (including phenoxy) is 3. The average Bonchev–Trinajstić information content (AvgIpc) is 3.59. The molecule has 0 aliphatic carbocycles. The van der Waals surface area contributed by atoms with E-state index in [1.165, 1.54) is 25.3 Å². The molecule has 4 aromatic rings. The summed E-state index contributed by atoms with van der Waals surface area (Å²) >= 11 is 0. The van der Waals surface area contributed by atoms with Crippen LogP contribution in [0, 0.1) is 24.0 Å². The van der Waals surface area contributed by atoms with Crippen LogP contribution in [0.3, 0.4) is 0 Å². The molecule has 0 bridgehead atoms. The fraction of sp³-hybridized carbons (Fsp3) is 0.233. The van der Waals surface area contributed by atoms with Crippen molar-refractivity contribution >= 4 is 23.8 Å². The van der Waals surface area contributed by atoms with Gasteiger partial charge in [0, 0.05) is 28.7 Å². The highest BCUT2D eigenvalue weighted by atomic mass is 16.6. The Morgan fingerprint density at radius 1 is 1.09 bits per heavy atom. The van der Waals surface area contributed by atoms with Crippen LogP contribution in [0.1, 0.15) is 47.1 Å². The number of carboxylic acid groups (broad SMARTS) is 1. The Hall–Kier alpha value is -5.59. The maximum Gasteiger partial charge on any atom is 0.344 e. The number of nitrogens with zero attached hydrogens (tertiary/aromatic N) is 3. The van der Waals surface area contributed by atoms with Gasteiger partial charge in [0.25, 0.3) is 0 Å². The van der Waals surface area contributed by atoms with Crippen molar-refractivity contribution in [2.24, 2.45) is 5.10 Å². The Morgan fingerprint density at radius 3 is 2.42 bits per heavy atom. The topological polar surface area (TPSA) is 168 Å². The van der Waals surface area contributed by atoms with Crippen LogP contribution < -0.4 is 19.6 Å². The van der Waals surface area contributed by atoms with Gasteiger partial charge < -0.3 is 28.3 Å². The maximum absolute atomic E-state index is 12.5. The lowest BCUT2D eigenvalue weighted by molar-refractivity contribution is -0.386. The number of hydrazone groups is 1. The Balaban J connectivity index is 1.38. The van der Waals surface area contributed by atoms with Crippen molar-refractivity contribution in [3.8, 4) is 22.9 Å². The number of hydrogen-bond donors (Lipinski definition) is 2. The highest BCUT2D eigenvalue weighted by molar-refractivity contribution is 5.92. The largest absolute Gasteiger partial charge is 0.490 e. The van der Waals surface area contributed by atoms with E-state index in [0.717, 1.165) is 23.1 Å². The zero-order valence-corrected chi connectivity index (χ0v) is 23.9. The highest BCUT2D eigenvalue weighted by Crippen LogP contribution is 2.39. The summed E-state index contributed by atoms with van der Waals surface area (Å²) in [6.45, 7) is 7.20. The van der Waals surface area contributed by atoms with Gasteiger partial charge in [-0.05, 0) is 82.3 Å². The number of carbonyl (C=O) groups is 2. The van der Waals surface area contributed by atoms with Gasteiger partial charge in [0.05, 0.1) is 17.7 Å². The van der Waals surface area contributed by atoms with Crippen LogP contribution in [0.2, 0.25) is 0 Å². The monoisotopic (exact) mass is 590 g/mol. The number of aliphatic carboxylic acids is 1. The van der Waals surface area contributed by atoms with Crippen molar-refractivity contribution in [2.45, 2.75) is 40.4 Å². The normalized spacial score (nSPS) is 11.7. The second-order valence-electron chi connectivity index (χ2n) is 9.35. The Bertz CT molecular complexity index is 1630. The maximum atomic E-state index is 12.5. The molecule has 0 radical (unpaired) electrons. The third-order valence-corrected chi connectivity index (χ3v) is 6.21. The Kier molecular flexibility index (Phi) is 9.45. The van der Waals surface area contributed by atoms with Gasteiger partial charge >= 0.3 is 17.6 Å². The second-order valence-corrected chi connectivity index (χ2v) is 9.35. The van der Waals surface area contributed by atoms with E-state index < -0.39 is 28.6 Å². The van der Waals surface area contributed by atoms with E-state index in [2.05, 4.69) is 27.2 Å². The number of nitro groups is 1. The molecule has 13 nitrogen and oxygen atoms in total. The summed E-state index contributed by atoms with van der Waals surface area (Å²) in [5, 5.41) is 24.7. The van der Waals surface area contributed by atoms with Gasteiger partial charge in [0.15, 0.2) is 17.6 Å². The lowest BCUT2D eigenvalue weighted by Crippen LogP contribution is -2.23. The van der Waals surface area contributed by atoms with Crippen LogP contribution in [-0.4, -0.2) is 45.4 Å². The molecule has 0 saturated heterocycles. The van der Waals surface area contributed by atoms with Crippen molar-refractivity contribution in [3.05, 3.63) is 99.2 Å². The van der Waals surface area contributed by atoms with Gasteiger partial charge in [-0.15, -0.1) is 0 Å². The number of aromatic nitrogens is 1. The van der Waals surface area contributed by atoms with Gasteiger partial charge in [0.2, 0.25) is 5.75 Å². The summed E-state index contributed by atoms with van der Waals surface area (Å²) in [7, 11) is 0. The first kappa shape index (κ1) is 30.4. The van der Waals surface area contributed by atoms with Crippen LogP contribution in [0.15, 0.2) is 70.2 Å². The Labute approximate surface area is 246 Å². The number of nitrogens with one attached hydrogen (secondary N) is 1. The summed E-state index contributed by atoms with van der Waals surface area (Å²) in [5.41, 5.74) is 5.26. The molecule has 2 N–H and O–H groups in total. The number of nitro benzene ring substituents is 1. The SMILES string of the molecule is CCOc1cc(/C=N/NC(=O)c2ccc(COc3ccc(-n4c(C)ccc4C)cc3)o2)cc([N+](=O)[O-])c1O[C@@H](C)C(=O)O. The molecule has 2 aromatic heterocycles. The van der Waals surface area contributed by atoms with Crippen molar-refractivity contribution in [2.75, 3.05) is 6.61 Å². The summed E-state index contributed by atoms with van der Waals surface area (Å²) in [6, 6.07) is 17.3. The van der Waals surface area contributed by atoms with Crippen LogP contribution in [0.25, 0.3) is 5.69 Å². The van der Waals surface area contributed by atoms with Gasteiger partial charge in [0.1, 0.15) is 18.1 Å². The molecular weight excluding hydrogens is 560 g/mol. The predicted octanol–water partition coefficient (Wildman–Crippen LogP) is 5.19. The number of furan rings is 1. The van der Waals surface area contributed by atoms with E-state index in [-0.39, 0.29) is 36.0 Å². The van der Waals surface area contributed by atoms with Crippen molar-refractivity contribution in [1.82, 2.24) is 9.99 Å². The highest BCUT2D eigenvalue weighted by Gasteiger charge is 2.26. The lowest BCUT2D eigenvalue weighted by atomic mass is 10.1. The van der Waals surface area contributed by atoms with Crippen molar-refractivity contribution in [1.29, 1.82) is 0 Å². The van der Waals surface area contributed by atoms with E-state index in [1.54, 1.807) is 13.0 Å². The molecule has 0 saturated carbocycles. The van der Waals surface area contributed by atoms with Gasteiger partial charge in [-0.25, -0.2) is 10.2 Å². The van der Waals surface area contributed by atoms with Crippen LogP contribution in [0.4, 0.5) is 5.69 Å². The van der Waals surface area contributed by atoms with E-state index in [0.29, 0.717) is 11.5 Å². The number of aryl methyl sites for hydroxylation is 2. The fourth-order valence-electron chi connectivity index (χ4n) is 4.15. The molecule has 4 rings (SSSR count). The summed E-state index contributed by atoms with van der Waals surface area (Å²) in [4.78, 5) is 34.7. The zero-order valence-electron chi connectivity index (χ0n) is 23.9. The zero-order chi connectivity index (χ0) is 31.1. The minimum atomic E-state index is -1.36. The number of amides is 1. The van der Waals surface area contributed by atoms with E-state index >= 15 is 0 Å². The van der Waals surface area contributed by atoms with Gasteiger partial charge in [-0.1, -0.05) is 0 Å². The molecule has 2 aromatic carbocycles. The van der Waals surface area contributed by atoms with E-state index in [1.807, 2.05) is 38.1 Å². The quantitative estimate of drug-likeness (QED) is 0.121. The van der Waals surface area contributed by atoms with Gasteiger partial charge in [-0.2, -0.15) is 5.10 Å². The molecule has 0 aliphatic heterocycles. The molecule has 13 heteroatoms. The number of carbonyl (C=O) groups excluding carboxylic acids is 1. The fourth-order valence-corrected chi connectivity index (χ4v) is 4.15. The molecule has 0 aliphatic rings. The average molecular weight is 591 g/mol. The molecule has 224 valence electrons. The molecular formula is C30H30N4O9. The molecule has 1 amide bonds. The first-order chi connectivity index (χ1) is 20.6. The van der Waals surface area contributed by atoms with E-state index in [9.17, 15) is 19.7 Å². The van der Waals surface area contributed by atoms with Crippen LogP contribution >= 0.6 is 0 Å². The number of benzene rings is 2. The standard InChI is InChI=1S/C30H30N4O9/c1-5-40-27-15-21(14-25(34(38)39)28(27)42-20(4)30(36)37)16-31-32-29(35)26-13-12-24(43-26)17-41-23-10-8-22(9-11-23)33-18(2)6-7-19(33)3/h6-16,20H,5,17H2,1-4H3,(H,32,35)(H,36,37)/b31-16+/t20-/m0/s1. The Morgan fingerprint density at radius 2 is 1.79 bits per heavy atom. The molecule has 1 atom stereocenters. The molecule has 0 unspecified atom stereocenters. The molecule has 43 heavy (non-hydrogen) atoms. The van der Waals surface area contributed by atoms with Crippen LogP contribution in [0.5, 0.6) is 17.2 Å².